The van der Waals surface area contributed by atoms with Crippen molar-refractivity contribution in [2.45, 2.75) is 0 Å². The van der Waals surface area contributed by atoms with E-state index in [2.05, 4.69) is 115 Å². The second-order valence-electron chi connectivity index (χ2n) is 9.81. The van der Waals surface area contributed by atoms with Gasteiger partial charge >= 0.3 is 0 Å². The SMILES string of the molecule is c1ccc2c(c1)oc1cc(-n3c4ccccc4c4cc5c(cc43)c3ccccc3n5-c3ncncn3)ccc12. The summed E-state index contributed by atoms with van der Waals surface area (Å²) < 4.78 is 10.7. The van der Waals surface area contributed by atoms with E-state index in [4.69, 9.17) is 4.42 Å². The number of nitrogens with zero attached hydrogens (tertiary/aromatic N) is 5. The van der Waals surface area contributed by atoms with Gasteiger partial charge in [0.2, 0.25) is 5.95 Å². The van der Waals surface area contributed by atoms with Crippen LogP contribution in [0.15, 0.2) is 120 Å². The molecule has 4 heterocycles. The molecule has 0 unspecified atom stereocenters. The highest BCUT2D eigenvalue weighted by molar-refractivity contribution is 6.19. The molecule has 0 saturated heterocycles. The van der Waals surface area contributed by atoms with Crippen molar-refractivity contribution in [1.82, 2.24) is 24.1 Å². The average Bonchev–Trinajstić information content (AvgIpc) is 3.63. The van der Waals surface area contributed by atoms with Gasteiger partial charge in [-0.1, -0.05) is 54.6 Å². The molecule has 4 aromatic heterocycles. The molecule has 39 heavy (non-hydrogen) atoms. The molecule has 6 nitrogen and oxygen atoms in total. The first-order valence-corrected chi connectivity index (χ1v) is 12.9. The average molecular weight is 502 g/mol. The summed E-state index contributed by atoms with van der Waals surface area (Å²) in [5.74, 6) is 0.606. The van der Waals surface area contributed by atoms with Crippen LogP contribution in [-0.4, -0.2) is 24.1 Å². The van der Waals surface area contributed by atoms with Crippen LogP contribution in [0, 0.1) is 0 Å². The first-order valence-electron chi connectivity index (χ1n) is 12.9. The molecule has 9 aromatic rings. The number of para-hydroxylation sites is 3. The van der Waals surface area contributed by atoms with Crippen LogP contribution in [0.1, 0.15) is 0 Å². The molecule has 0 aliphatic carbocycles. The fourth-order valence-corrected chi connectivity index (χ4v) is 6.13. The maximum atomic E-state index is 6.26. The molecule has 0 spiro atoms. The number of furan rings is 1. The summed E-state index contributed by atoms with van der Waals surface area (Å²) in [6, 6.07) is 36.2. The van der Waals surface area contributed by atoms with Gasteiger partial charge in [0, 0.05) is 44.1 Å². The van der Waals surface area contributed by atoms with E-state index < -0.39 is 0 Å². The van der Waals surface area contributed by atoms with Crippen LogP contribution in [0.5, 0.6) is 0 Å². The Bertz CT molecular complexity index is 2400. The normalized spacial score (nSPS) is 12.1. The Morgan fingerprint density at radius 2 is 1.05 bits per heavy atom. The van der Waals surface area contributed by atoms with Gasteiger partial charge in [0.15, 0.2) is 0 Å². The third-order valence-corrected chi connectivity index (χ3v) is 7.77. The Labute approximate surface area is 221 Å². The third-order valence-electron chi connectivity index (χ3n) is 7.77. The van der Waals surface area contributed by atoms with Gasteiger partial charge in [-0.2, -0.15) is 0 Å². The largest absolute Gasteiger partial charge is 0.456 e. The maximum absolute atomic E-state index is 6.26. The summed E-state index contributed by atoms with van der Waals surface area (Å²) in [5.41, 5.74) is 7.25. The first-order chi connectivity index (χ1) is 19.3. The Kier molecular flexibility index (Phi) is 3.96. The van der Waals surface area contributed by atoms with Crippen LogP contribution in [0.4, 0.5) is 0 Å². The maximum Gasteiger partial charge on any atom is 0.237 e. The number of rotatable bonds is 2. The molecular formula is C33H19N5O. The highest BCUT2D eigenvalue weighted by atomic mass is 16.3. The second kappa shape index (κ2) is 7.52. The zero-order chi connectivity index (χ0) is 25.5. The zero-order valence-electron chi connectivity index (χ0n) is 20.6. The summed E-state index contributed by atoms with van der Waals surface area (Å²) in [4.78, 5) is 13.0. The van der Waals surface area contributed by atoms with Crippen molar-refractivity contribution in [2.75, 3.05) is 0 Å². The lowest BCUT2D eigenvalue weighted by Crippen LogP contribution is -2.00. The van der Waals surface area contributed by atoms with Crippen molar-refractivity contribution in [3.63, 3.8) is 0 Å². The minimum absolute atomic E-state index is 0.606. The van der Waals surface area contributed by atoms with Crippen LogP contribution < -0.4 is 0 Å². The molecular weight excluding hydrogens is 482 g/mol. The van der Waals surface area contributed by atoms with E-state index in [9.17, 15) is 0 Å². The van der Waals surface area contributed by atoms with Gasteiger partial charge in [-0.05, 0) is 42.5 Å². The lowest BCUT2D eigenvalue weighted by Gasteiger charge is -2.08. The standard InChI is InChI=1S/C33H19N5O/c1-4-10-27-21(7-1)25-17-30-26(22-8-2-5-11-28(22)38(30)33-35-18-34-19-36-33)16-29(25)37(27)20-13-14-24-23-9-3-6-12-31(23)39-32(24)15-20/h1-19H. The van der Waals surface area contributed by atoms with Gasteiger partial charge < -0.3 is 8.98 Å². The summed E-state index contributed by atoms with van der Waals surface area (Å²) in [6.07, 6.45) is 3.09. The zero-order valence-corrected chi connectivity index (χ0v) is 20.6. The Morgan fingerprint density at radius 1 is 0.462 bits per heavy atom. The predicted octanol–water partition coefficient (Wildman–Crippen LogP) is 7.97. The summed E-state index contributed by atoms with van der Waals surface area (Å²) in [5, 5.41) is 6.91. The highest BCUT2D eigenvalue weighted by Gasteiger charge is 2.19. The topological polar surface area (TPSA) is 61.7 Å². The fourth-order valence-electron chi connectivity index (χ4n) is 6.13. The van der Waals surface area contributed by atoms with Gasteiger partial charge in [0.05, 0.1) is 22.1 Å². The lowest BCUT2D eigenvalue weighted by atomic mass is 10.1. The number of aromatic nitrogens is 5. The fraction of sp³-hybridized carbons (Fsp3) is 0. The quantitative estimate of drug-likeness (QED) is 0.241. The lowest BCUT2D eigenvalue weighted by molar-refractivity contribution is 0.668. The summed E-state index contributed by atoms with van der Waals surface area (Å²) >= 11 is 0. The molecule has 0 radical (unpaired) electrons. The summed E-state index contributed by atoms with van der Waals surface area (Å²) in [7, 11) is 0. The van der Waals surface area contributed by atoms with Gasteiger partial charge in [0.1, 0.15) is 23.8 Å². The van der Waals surface area contributed by atoms with E-state index in [-0.39, 0.29) is 0 Å². The second-order valence-corrected chi connectivity index (χ2v) is 9.81. The molecule has 9 rings (SSSR count). The molecule has 5 aromatic carbocycles. The predicted molar refractivity (Wildman–Crippen MR) is 156 cm³/mol. The number of benzene rings is 5. The van der Waals surface area contributed by atoms with Gasteiger partial charge in [0.25, 0.3) is 0 Å². The van der Waals surface area contributed by atoms with E-state index in [1.807, 2.05) is 12.1 Å². The molecule has 0 aliphatic rings. The van der Waals surface area contributed by atoms with E-state index >= 15 is 0 Å². The molecule has 182 valence electrons. The summed E-state index contributed by atoms with van der Waals surface area (Å²) in [6.45, 7) is 0. The van der Waals surface area contributed by atoms with Gasteiger partial charge in [-0.15, -0.1) is 0 Å². The molecule has 0 amide bonds. The van der Waals surface area contributed by atoms with Crippen molar-refractivity contribution in [2.24, 2.45) is 0 Å². The third kappa shape index (κ3) is 2.77. The van der Waals surface area contributed by atoms with E-state index in [0.717, 1.165) is 60.5 Å². The number of fused-ring (bicyclic) bond motifs is 9. The van der Waals surface area contributed by atoms with Crippen LogP contribution in [0.25, 0.3) is 77.2 Å². The minimum Gasteiger partial charge on any atom is -0.456 e. The molecule has 0 aliphatic heterocycles. The van der Waals surface area contributed by atoms with Crippen LogP contribution in [0.3, 0.4) is 0 Å². The van der Waals surface area contributed by atoms with E-state index in [1.165, 1.54) is 10.8 Å². The van der Waals surface area contributed by atoms with Crippen LogP contribution in [0.2, 0.25) is 0 Å². The van der Waals surface area contributed by atoms with Crippen LogP contribution >= 0.6 is 0 Å². The smallest absolute Gasteiger partial charge is 0.237 e. The van der Waals surface area contributed by atoms with Crippen molar-refractivity contribution in [1.29, 1.82) is 0 Å². The molecule has 0 atom stereocenters. The molecule has 0 fully saturated rings. The monoisotopic (exact) mass is 501 g/mol. The Balaban J connectivity index is 1.41. The van der Waals surface area contributed by atoms with Crippen molar-refractivity contribution in [3.8, 4) is 11.6 Å². The van der Waals surface area contributed by atoms with Crippen molar-refractivity contribution < 1.29 is 4.42 Å². The van der Waals surface area contributed by atoms with Gasteiger partial charge in [-0.3, -0.25) is 4.57 Å². The molecule has 6 heteroatoms. The van der Waals surface area contributed by atoms with E-state index in [0.29, 0.717) is 5.95 Å². The first kappa shape index (κ1) is 20.6. The molecule has 0 saturated carbocycles. The number of hydrogen-bond donors (Lipinski definition) is 0. The highest BCUT2D eigenvalue weighted by Crippen LogP contribution is 2.40. The Hall–Kier alpha value is -5.49. The van der Waals surface area contributed by atoms with E-state index in [1.54, 1.807) is 12.7 Å². The minimum atomic E-state index is 0.606. The molecule has 0 bridgehead atoms. The molecule has 0 N–H and O–H groups in total. The van der Waals surface area contributed by atoms with Crippen LogP contribution in [-0.2, 0) is 0 Å². The Morgan fingerprint density at radius 3 is 1.79 bits per heavy atom. The van der Waals surface area contributed by atoms with Crippen molar-refractivity contribution in [3.05, 3.63) is 116 Å². The number of hydrogen-bond acceptors (Lipinski definition) is 4. The van der Waals surface area contributed by atoms with Crippen molar-refractivity contribution >= 4 is 65.6 Å². The van der Waals surface area contributed by atoms with Gasteiger partial charge in [-0.25, -0.2) is 15.0 Å².